The number of amides is 2. The molecule has 7 nitrogen and oxygen atoms in total. The zero-order valence-corrected chi connectivity index (χ0v) is 20.2. The summed E-state index contributed by atoms with van der Waals surface area (Å²) in [5.74, 6) is 0.327. The van der Waals surface area contributed by atoms with E-state index in [1.54, 1.807) is 23.1 Å². The number of carbonyl (C=O) groups is 2. The number of hydrogen-bond donors (Lipinski definition) is 0. The van der Waals surface area contributed by atoms with Gasteiger partial charge in [-0.3, -0.25) is 9.59 Å². The van der Waals surface area contributed by atoms with Gasteiger partial charge in [0.15, 0.2) is 0 Å². The first-order valence-electron chi connectivity index (χ1n) is 11.9. The smallest absolute Gasteiger partial charge is 0.243 e. The van der Waals surface area contributed by atoms with Gasteiger partial charge in [0.2, 0.25) is 21.8 Å². The van der Waals surface area contributed by atoms with Gasteiger partial charge in [-0.05, 0) is 69.2 Å². The number of hydrogen-bond acceptors (Lipinski definition) is 4. The number of sulfonamides is 1. The van der Waals surface area contributed by atoms with Crippen LogP contribution < -0.4 is 4.90 Å². The Kier molecular flexibility index (Phi) is 6.63. The molecule has 0 spiro atoms. The predicted molar refractivity (Wildman–Crippen MR) is 124 cm³/mol. The van der Waals surface area contributed by atoms with E-state index in [4.69, 9.17) is 0 Å². The second-order valence-electron chi connectivity index (χ2n) is 9.62. The van der Waals surface area contributed by atoms with E-state index in [0.29, 0.717) is 32.4 Å². The highest BCUT2D eigenvalue weighted by Crippen LogP contribution is 2.40. The van der Waals surface area contributed by atoms with E-state index in [0.717, 1.165) is 43.5 Å². The maximum atomic E-state index is 13.3. The molecule has 0 bridgehead atoms. The largest absolute Gasteiger partial charge is 0.346 e. The first kappa shape index (κ1) is 23.2. The molecule has 1 aliphatic carbocycles. The third kappa shape index (κ3) is 4.44. The Hall–Kier alpha value is -1.93. The van der Waals surface area contributed by atoms with Gasteiger partial charge >= 0.3 is 0 Å². The van der Waals surface area contributed by atoms with Gasteiger partial charge in [-0.1, -0.05) is 13.3 Å². The van der Waals surface area contributed by atoms with Crippen molar-refractivity contribution < 1.29 is 18.0 Å². The van der Waals surface area contributed by atoms with E-state index >= 15 is 0 Å². The summed E-state index contributed by atoms with van der Waals surface area (Å²) in [4.78, 5) is 29.3. The molecule has 0 aromatic heterocycles. The Bertz CT molecular complexity index is 981. The standard InChI is InChI=1S/C24H35N3O4S/c1-4-5-12-25(3)23(28)19-10-13-26(14-11-19)32(30,31)21-8-9-22-20(16-21)15-17(2)27(22)24(29)18-6-7-18/h8-9,16-19H,4-7,10-15H2,1-3H3/t17-/m1/s1. The fourth-order valence-electron chi connectivity index (χ4n) is 4.94. The van der Waals surface area contributed by atoms with Crippen molar-refractivity contribution in [3.05, 3.63) is 23.8 Å². The second-order valence-corrected chi connectivity index (χ2v) is 11.6. The third-order valence-corrected chi connectivity index (χ3v) is 8.99. The molecule has 4 rings (SSSR count). The van der Waals surface area contributed by atoms with Crippen molar-refractivity contribution in [1.29, 1.82) is 0 Å². The Morgan fingerprint density at radius 3 is 2.41 bits per heavy atom. The normalized spacial score (nSPS) is 22.1. The molecular weight excluding hydrogens is 426 g/mol. The molecular formula is C24H35N3O4S. The van der Waals surface area contributed by atoms with Crippen molar-refractivity contribution in [3.8, 4) is 0 Å². The number of anilines is 1. The molecule has 1 aromatic rings. The first-order chi connectivity index (χ1) is 15.2. The van der Waals surface area contributed by atoms with Crippen molar-refractivity contribution >= 4 is 27.5 Å². The molecule has 1 aromatic carbocycles. The fourth-order valence-corrected chi connectivity index (χ4v) is 6.46. The van der Waals surface area contributed by atoms with E-state index in [2.05, 4.69) is 6.92 Å². The van der Waals surface area contributed by atoms with Crippen LogP contribution >= 0.6 is 0 Å². The molecule has 8 heteroatoms. The molecule has 0 radical (unpaired) electrons. The van der Waals surface area contributed by atoms with Crippen molar-refractivity contribution in [2.45, 2.75) is 69.7 Å². The van der Waals surface area contributed by atoms with Gasteiger partial charge in [0.1, 0.15) is 0 Å². The predicted octanol–water partition coefficient (Wildman–Crippen LogP) is 3.03. The number of benzene rings is 1. The number of nitrogens with zero attached hydrogens (tertiary/aromatic N) is 3. The first-order valence-corrected chi connectivity index (χ1v) is 13.4. The minimum absolute atomic E-state index is 0.0579. The molecule has 3 aliphatic rings. The lowest BCUT2D eigenvalue weighted by Gasteiger charge is -2.32. The number of rotatable bonds is 7. The van der Waals surface area contributed by atoms with Crippen LogP contribution in [0.3, 0.4) is 0 Å². The van der Waals surface area contributed by atoms with Gasteiger partial charge in [0, 0.05) is 50.2 Å². The van der Waals surface area contributed by atoms with Crippen LogP contribution in [0, 0.1) is 11.8 Å². The SMILES string of the molecule is CCCCN(C)C(=O)C1CCN(S(=O)(=O)c2ccc3c(c2)C[C@@H](C)N3C(=O)C2CC2)CC1. The van der Waals surface area contributed by atoms with Crippen molar-refractivity contribution in [2.75, 3.05) is 31.6 Å². The van der Waals surface area contributed by atoms with Gasteiger partial charge in [0.05, 0.1) is 4.90 Å². The van der Waals surface area contributed by atoms with Crippen molar-refractivity contribution in [2.24, 2.45) is 11.8 Å². The van der Waals surface area contributed by atoms with Crippen LogP contribution in [0.15, 0.2) is 23.1 Å². The quantitative estimate of drug-likeness (QED) is 0.625. The van der Waals surface area contributed by atoms with Gasteiger partial charge in [-0.2, -0.15) is 4.31 Å². The van der Waals surface area contributed by atoms with Crippen LogP contribution in [0.2, 0.25) is 0 Å². The number of fused-ring (bicyclic) bond motifs is 1. The molecule has 2 aliphatic heterocycles. The molecule has 0 N–H and O–H groups in total. The molecule has 1 atom stereocenters. The Morgan fingerprint density at radius 1 is 1.09 bits per heavy atom. The minimum atomic E-state index is -3.62. The molecule has 2 heterocycles. The van der Waals surface area contributed by atoms with Crippen molar-refractivity contribution in [3.63, 3.8) is 0 Å². The van der Waals surface area contributed by atoms with Crippen LogP contribution in [0.5, 0.6) is 0 Å². The molecule has 32 heavy (non-hydrogen) atoms. The van der Waals surface area contributed by atoms with Gasteiger partial charge in [0.25, 0.3) is 0 Å². The molecule has 2 fully saturated rings. The average Bonchev–Trinajstić information content (AvgIpc) is 3.58. The summed E-state index contributed by atoms with van der Waals surface area (Å²) in [5.41, 5.74) is 1.78. The summed E-state index contributed by atoms with van der Waals surface area (Å²) in [6.45, 7) is 5.60. The van der Waals surface area contributed by atoms with Gasteiger partial charge in [-0.15, -0.1) is 0 Å². The summed E-state index contributed by atoms with van der Waals surface area (Å²) >= 11 is 0. The molecule has 2 amide bonds. The van der Waals surface area contributed by atoms with Crippen molar-refractivity contribution in [1.82, 2.24) is 9.21 Å². The summed E-state index contributed by atoms with van der Waals surface area (Å²) in [6, 6.07) is 5.24. The van der Waals surface area contributed by atoms with Crippen LogP contribution in [0.25, 0.3) is 0 Å². The highest BCUT2D eigenvalue weighted by atomic mass is 32.2. The zero-order chi connectivity index (χ0) is 23.0. The molecule has 1 saturated heterocycles. The Labute approximate surface area is 191 Å². The molecule has 176 valence electrons. The van der Waals surface area contributed by atoms with E-state index < -0.39 is 10.0 Å². The third-order valence-electron chi connectivity index (χ3n) is 7.09. The molecule has 1 saturated carbocycles. The summed E-state index contributed by atoms with van der Waals surface area (Å²) in [5, 5.41) is 0. The Morgan fingerprint density at radius 2 is 1.78 bits per heavy atom. The maximum absolute atomic E-state index is 13.3. The number of carbonyl (C=O) groups excluding carboxylic acids is 2. The number of piperidine rings is 1. The lowest BCUT2D eigenvalue weighted by molar-refractivity contribution is -0.135. The van der Waals surface area contributed by atoms with Crippen LogP contribution in [-0.2, 0) is 26.0 Å². The fraction of sp³-hybridized carbons (Fsp3) is 0.667. The average molecular weight is 462 g/mol. The van der Waals surface area contributed by atoms with Crippen LogP contribution in [0.1, 0.15) is 57.9 Å². The van der Waals surface area contributed by atoms with E-state index in [9.17, 15) is 18.0 Å². The molecule has 0 unspecified atom stereocenters. The monoisotopic (exact) mass is 461 g/mol. The topological polar surface area (TPSA) is 78.0 Å². The lowest BCUT2D eigenvalue weighted by atomic mass is 9.96. The van der Waals surface area contributed by atoms with Crippen LogP contribution in [-0.4, -0.2) is 62.2 Å². The minimum Gasteiger partial charge on any atom is -0.346 e. The summed E-state index contributed by atoms with van der Waals surface area (Å²) in [6.07, 6.45) is 5.72. The maximum Gasteiger partial charge on any atom is 0.243 e. The van der Waals surface area contributed by atoms with E-state index in [1.165, 1.54) is 4.31 Å². The lowest BCUT2D eigenvalue weighted by Crippen LogP contribution is -2.43. The summed E-state index contributed by atoms with van der Waals surface area (Å²) < 4.78 is 28.1. The zero-order valence-electron chi connectivity index (χ0n) is 19.4. The van der Waals surface area contributed by atoms with Gasteiger partial charge in [-0.25, -0.2) is 8.42 Å². The number of unbranched alkanes of at least 4 members (excludes halogenated alkanes) is 1. The highest BCUT2D eigenvalue weighted by Gasteiger charge is 2.40. The Balaban J connectivity index is 1.43. The summed E-state index contributed by atoms with van der Waals surface area (Å²) in [7, 11) is -1.78. The highest BCUT2D eigenvalue weighted by molar-refractivity contribution is 7.89. The van der Waals surface area contributed by atoms with E-state index in [-0.39, 0.29) is 34.6 Å². The van der Waals surface area contributed by atoms with Gasteiger partial charge < -0.3 is 9.80 Å². The van der Waals surface area contributed by atoms with E-state index in [1.807, 2.05) is 18.9 Å². The second kappa shape index (κ2) is 9.14. The van der Waals surface area contributed by atoms with Crippen LogP contribution in [0.4, 0.5) is 5.69 Å².